The fraction of sp³-hybridized carbons (Fsp3) is 0.667. The minimum atomic E-state index is -0.287. The van der Waals surface area contributed by atoms with Crippen LogP contribution in [0.3, 0.4) is 0 Å². The highest BCUT2D eigenvalue weighted by molar-refractivity contribution is 4.76. The average Bonchev–Trinajstić information content (AvgIpc) is 1.68. The smallest absolute Gasteiger partial charge is 0.0718 e. The molecule has 0 spiro atoms. The maximum absolute atomic E-state index is 8.74. The van der Waals surface area contributed by atoms with Crippen LogP contribution in [0.5, 0.6) is 0 Å². The lowest BCUT2D eigenvalue weighted by Gasteiger charge is -1.97. The Morgan fingerprint density at radius 3 is 2.57 bits per heavy atom. The van der Waals surface area contributed by atoms with E-state index in [1.807, 2.05) is 6.92 Å². The van der Waals surface area contributed by atoms with Gasteiger partial charge >= 0.3 is 0 Å². The fourth-order valence-electron chi connectivity index (χ4n) is 0.414. The van der Waals surface area contributed by atoms with Gasteiger partial charge in [-0.25, -0.2) is 0 Å². The Bertz CT molecular complexity index is 50.1. The predicted octanol–water partition coefficient (Wildman–Crippen LogP) is 1.33. The first kappa shape index (κ1) is 6.70. The van der Waals surface area contributed by atoms with Crippen molar-refractivity contribution < 1.29 is 5.11 Å². The van der Waals surface area contributed by atoms with Crippen molar-refractivity contribution in [3.8, 4) is 0 Å². The van der Waals surface area contributed by atoms with Gasteiger partial charge in [-0.05, 0) is 6.42 Å². The molecule has 1 atom stereocenters. The summed E-state index contributed by atoms with van der Waals surface area (Å²) in [6, 6.07) is 0. The first-order chi connectivity index (χ1) is 3.31. The molecule has 0 aliphatic carbocycles. The van der Waals surface area contributed by atoms with Gasteiger partial charge in [-0.1, -0.05) is 19.4 Å². The molecule has 0 aliphatic heterocycles. The van der Waals surface area contributed by atoms with Crippen LogP contribution in [0, 0.1) is 0 Å². The molecule has 7 heavy (non-hydrogen) atoms. The molecular weight excluding hydrogens is 88.1 g/mol. The maximum atomic E-state index is 8.74. The van der Waals surface area contributed by atoms with E-state index in [1.54, 1.807) is 6.08 Å². The van der Waals surface area contributed by atoms with Gasteiger partial charge in [0, 0.05) is 0 Å². The Balaban J connectivity index is 2.98. The third-order valence-electron chi connectivity index (χ3n) is 0.857. The van der Waals surface area contributed by atoms with Gasteiger partial charge in [-0.3, -0.25) is 0 Å². The summed E-state index contributed by atoms with van der Waals surface area (Å²) >= 11 is 0. The number of aliphatic hydroxyl groups excluding tert-OH is 1. The van der Waals surface area contributed by atoms with Crippen LogP contribution in [0.15, 0.2) is 12.7 Å². The van der Waals surface area contributed by atoms with Crippen LogP contribution >= 0.6 is 0 Å². The molecule has 0 heterocycles. The third kappa shape index (κ3) is 3.53. The summed E-state index contributed by atoms with van der Waals surface area (Å²) in [4.78, 5) is 0. The number of aliphatic hydroxyl groups is 1. The second kappa shape index (κ2) is 3.88. The molecule has 0 fully saturated rings. The Labute approximate surface area is 44.7 Å². The Morgan fingerprint density at radius 2 is 2.43 bits per heavy atom. The molecule has 1 heteroatoms. The quantitative estimate of drug-likeness (QED) is 0.530. The van der Waals surface area contributed by atoms with Crippen LogP contribution in [0.4, 0.5) is 0 Å². The summed E-state index contributed by atoms with van der Waals surface area (Å²) < 4.78 is 0. The molecule has 42 valence electrons. The van der Waals surface area contributed by atoms with E-state index in [0.29, 0.717) is 0 Å². The van der Waals surface area contributed by atoms with Crippen LogP contribution < -0.4 is 0 Å². The summed E-state index contributed by atoms with van der Waals surface area (Å²) in [5.74, 6) is 0. The molecular formula is C6H12O. The first-order valence-electron chi connectivity index (χ1n) is 2.62. The summed E-state index contributed by atoms with van der Waals surface area (Å²) in [6.45, 7) is 5.46. The number of hydrogen-bond donors (Lipinski definition) is 1. The van der Waals surface area contributed by atoms with Crippen LogP contribution in [-0.2, 0) is 0 Å². The Hall–Kier alpha value is -0.300. The molecule has 0 aromatic carbocycles. The van der Waals surface area contributed by atoms with Gasteiger partial charge in [0.15, 0.2) is 0 Å². The van der Waals surface area contributed by atoms with Gasteiger partial charge in [-0.2, -0.15) is 0 Å². The Kier molecular flexibility index (Phi) is 3.71. The van der Waals surface area contributed by atoms with Crippen molar-refractivity contribution in [1.82, 2.24) is 0 Å². The van der Waals surface area contributed by atoms with Crippen molar-refractivity contribution in [3.63, 3.8) is 0 Å². The molecule has 1 unspecified atom stereocenters. The lowest BCUT2D eigenvalue weighted by molar-refractivity contribution is 0.212. The summed E-state index contributed by atoms with van der Waals surface area (Å²) in [7, 11) is 0. The van der Waals surface area contributed by atoms with Gasteiger partial charge in [0.05, 0.1) is 6.10 Å². The van der Waals surface area contributed by atoms with Crippen molar-refractivity contribution in [3.05, 3.63) is 12.7 Å². The van der Waals surface area contributed by atoms with Gasteiger partial charge in [0.25, 0.3) is 0 Å². The van der Waals surface area contributed by atoms with E-state index >= 15 is 0 Å². The van der Waals surface area contributed by atoms with Crippen LogP contribution in [0.2, 0.25) is 0 Å². The SMILES string of the molecule is C=CC(O)CCC. The van der Waals surface area contributed by atoms with Crippen molar-refractivity contribution in [1.29, 1.82) is 0 Å². The number of rotatable bonds is 3. The van der Waals surface area contributed by atoms with E-state index in [1.165, 1.54) is 0 Å². The molecule has 0 aromatic heterocycles. The molecule has 0 rings (SSSR count). The van der Waals surface area contributed by atoms with Crippen molar-refractivity contribution in [2.45, 2.75) is 25.9 Å². The molecule has 0 aromatic rings. The predicted molar refractivity (Wildman–Crippen MR) is 31.1 cm³/mol. The standard InChI is InChI=1S/C6H12O/c1-3-5-6(7)4-2/h4,6-7H,2-3,5H2,1H3. The number of hydrogen-bond acceptors (Lipinski definition) is 1. The second-order valence-electron chi connectivity index (χ2n) is 1.59. The van der Waals surface area contributed by atoms with E-state index < -0.39 is 0 Å². The topological polar surface area (TPSA) is 20.2 Å². The minimum absolute atomic E-state index is 0.287. The summed E-state index contributed by atoms with van der Waals surface area (Å²) in [5.41, 5.74) is 0. The van der Waals surface area contributed by atoms with Crippen LogP contribution in [-0.4, -0.2) is 11.2 Å². The maximum Gasteiger partial charge on any atom is 0.0718 e. The van der Waals surface area contributed by atoms with Crippen molar-refractivity contribution in [2.75, 3.05) is 0 Å². The summed E-state index contributed by atoms with van der Waals surface area (Å²) in [5, 5.41) is 8.74. The molecule has 0 aliphatic rings. The molecule has 1 N–H and O–H groups in total. The van der Waals surface area contributed by atoms with E-state index in [0.717, 1.165) is 12.8 Å². The van der Waals surface area contributed by atoms with Gasteiger partial charge in [-0.15, -0.1) is 6.58 Å². The highest BCUT2D eigenvalue weighted by Gasteiger charge is 1.90. The normalized spacial score (nSPS) is 13.4. The monoisotopic (exact) mass is 100 g/mol. The molecule has 0 radical (unpaired) electrons. The molecule has 0 saturated carbocycles. The Morgan fingerprint density at radius 1 is 1.86 bits per heavy atom. The summed E-state index contributed by atoms with van der Waals surface area (Å²) in [6.07, 6.45) is 3.13. The zero-order valence-electron chi connectivity index (χ0n) is 4.72. The minimum Gasteiger partial charge on any atom is -0.389 e. The average molecular weight is 100 g/mol. The third-order valence-corrected chi connectivity index (χ3v) is 0.857. The highest BCUT2D eigenvalue weighted by atomic mass is 16.3. The van der Waals surface area contributed by atoms with Crippen molar-refractivity contribution >= 4 is 0 Å². The van der Waals surface area contributed by atoms with E-state index in [9.17, 15) is 0 Å². The molecule has 1 nitrogen and oxygen atoms in total. The highest BCUT2D eigenvalue weighted by Crippen LogP contribution is 1.94. The largest absolute Gasteiger partial charge is 0.389 e. The van der Waals surface area contributed by atoms with E-state index in [2.05, 4.69) is 6.58 Å². The zero-order valence-corrected chi connectivity index (χ0v) is 4.72. The lowest BCUT2D eigenvalue weighted by Crippen LogP contribution is -1.98. The van der Waals surface area contributed by atoms with Gasteiger partial charge in [0.1, 0.15) is 0 Å². The van der Waals surface area contributed by atoms with E-state index in [4.69, 9.17) is 5.11 Å². The fourth-order valence-corrected chi connectivity index (χ4v) is 0.414. The van der Waals surface area contributed by atoms with E-state index in [-0.39, 0.29) is 6.10 Å². The van der Waals surface area contributed by atoms with Crippen LogP contribution in [0.1, 0.15) is 19.8 Å². The lowest BCUT2D eigenvalue weighted by atomic mass is 10.2. The molecule has 0 bridgehead atoms. The zero-order chi connectivity index (χ0) is 5.70. The van der Waals surface area contributed by atoms with Gasteiger partial charge in [0.2, 0.25) is 0 Å². The van der Waals surface area contributed by atoms with Crippen molar-refractivity contribution in [2.24, 2.45) is 0 Å². The molecule has 0 amide bonds. The second-order valence-corrected chi connectivity index (χ2v) is 1.59. The van der Waals surface area contributed by atoms with Crippen LogP contribution in [0.25, 0.3) is 0 Å². The van der Waals surface area contributed by atoms with Gasteiger partial charge < -0.3 is 5.11 Å². The first-order valence-corrected chi connectivity index (χ1v) is 2.62. The molecule has 0 saturated heterocycles.